The van der Waals surface area contributed by atoms with Crippen LogP contribution in [-0.4, -0.2) is 106 Å². The van der Waals surface area contributed by atoms with Gasteiger partial charge in [0.1, 0.15) is 11.6 Å². The Balaban J connectivity index is 1.00. The second kappa shape index (κ2) is 12.7. The first-order valence-corrected chi connectivity index (χ1v) is 15.3. The number of unbranched alkanes of at least 4 members (excludes halogenated alkanes) is 1. The van der Waals surface area contributed by atoms with E-state index in [1.54, 1.807) is 17.0 Å². The second-order valence-corrected chi connectivity index (χ2v) is 12.9. The van der Waals surface area contributed by atoms with Gasteiger partial charge in [-0.25, -0.2) is 4.79 Å². The van der Waals surface area contributed by atoms with Crippen LogP contribution in [0.4, 0.5) is 4.79 Å². The third-order valence-electron chi connectivity index (χ3n) is 8.47. The highest BCUT2D eigenvalue weighted by atomic mass is 16.6. The standard InChI is InChI=1S/C31H42N4O8/c1-31(2,3)43-30(41)34-17-21(18-34)42-20-11-14-33(15-12-20)13-5-4-6-25(36)19-7-8-22-23(16-19)29(40)35(28(22)39)24-9-10-26(37)32-27(24)38/h7-8,16,20-21,24-25,36H,4-6,9-15,17-18H2,1-3H3,(H,32,37,38). The molecule has 4 heterocycles. The van der Waals surface area contributed by atoms with Crippen molar-refractivity contribution >= 4 is 29.7 Å². The van der Waals surface area contributed by atoms with E-state index in [0.29, 0.717) is 25.1 Å². The van der Waals surface area contributed by atoms with Crippen molar-refractivity contribution in [3.8, 4) is 0 Å². The Labute approximate surface area is 251 Å². The summed E-state index contributed by atoms with van der Waals surface area (Å²) in [6.07, 6.45) is 3.50. The number of carbonyl (C=O) groups is 5. The Bertz CT molecular complexity index is 1260. The van der Waals surface area contributed by atoms with E-state index in [2.05, 4.69) is 10.2 Å². The third-order valence-corrected chi connectivity index (χ3v) is 8.47. The molecule has 2 N–H and O–H groups in total. The Morgan fingerprint density at radius 3 is 2.37 bits per heavy atom. The molecule has 12 nitrogen and oxygen atoms in total. The normalized spacial score (nSPS) is 22.8. The predicted molar refractivity (Wildman–Crippen MR) is 154 cm³/mol. The molecule has 234 valence electrons. The molecule has 43 heavy (non-hydrogen) atoms. The summed E-state index contributed by atoms with van der Waals surface area (Å²) in [4.78, 5) is 66.8. The highest BCUT2D eigenvalue weighted by Gasteiger charge is 2.44. The minimum Gasteiger partial charge on any atom is -0.444 e. The highest BCUT2D eigenvalue weighted by molar-refractivity contribution is 6.23. The van der Waals surface area contributed by atoms with E-state index >= 15 is 0 Å². The summed E-state index contributed by atoms with van der Waals surface area (Å²) in [6.45, 7) is 9.54. The van der Waals surface area contributed by atoms with Gasteiger partial charge in [-0.3, -0.25) is 29.4 Å². The van der Waals surface area contributed by atoms with E-state index in [4.69, 9.17) is 9.47 Å². The van der Waals surface area contributed by atoms with Gasteiger partial charge in [0.2, 0.25) is 11.8 Å². The van der Waals surface area contributed by atoms with Crippen LogP contribution in [0.1, 0.15) is 98.1 Å². The average Bonchev–Trinajstić information content (AvgIpc) is 3.17. The maximum Gasteiger partial charge on any atom is 0.410 e. The fourth-order valence-electron chi connectivity index (χ4n) is 6.08. The van der Waals surface area contributed by atoms with Crippen LogP contribution in [0, 0.1) is 0 Å². The van der Waals surface area contributed by atoms with Gasteiger partial charge in [0.15, 0.2) is 0 Å². The summed E-state index contributed by atoms with van der Waals surface area (Å²) in [6, 6.07) is 3.72. The molecule has 5 rings (SSSR count). The zero-order valence-corrected chi connectivity index (χ0v) is 25.2. The summed E-state index contributed by atoms with van der Waals surface area (Å²) in [5, 5.41) is 13.0. The largest absolute Gasteiger partial charge is 0.444 e. The molecule has 0 radical (unpaired) electrons. The van der Waals surface area contributed by atoms with E-state index in [9.17, 15) is 29.1 Å². The van der Waals surface area contributed by atoms with Gasteiger partial charge in [-0.15, -0.1) is 0 Å². The molecule has 3 saturated heterocycles. The number of aliphatic hydroxyl groups is 1. The summed E-state index contributed by atoms with van der Waals surface area (Å²) in [5.74, 6) is -2.19. The molecule has 2 atom stereocenters. The van der Waals surface area contributed by atoms with Gasteiger partial charge >= 0.3 is 6.09 Å². The lowest BCUT2D eigenvalue weighted by atomic mass is 9.99. The fraction of sp³-hybridized carbons (Fsp3) is 0.645. The highest BCUT2D eigenvalue weighted by Crippen LogP contribution is 2.31. The molecule has 5 amide bonds. The number of nitrogens with zero attached hydrogens (tertiary/aromatic N) is 3. The number of hydrogen-bond donors (Lipinski definition) is 2. The van der Waals surface area contributed by atoms with Gasteiger partial charge in [0, 0.05) is 19.5 Å². The Morgan fingerprint density at radius 2 is 1.70 bits per heavy atom. The molecule has 2 unspecified atom stereocenters. The number of likely N-dealkylation sites (tertiary alicyclic amines) is 2. The lowest BCUT2D eigenvalue weighted by molar-refractivity contribution is -0.136. The molecule has 3 fully saturated rings. The summed E-state index contributed by atoms with van der Waals surface area (Å²) >= 11 is 0. The number of carbonyl (C=O) groups excluding carboxylic acids is 5. The molecule has 4 aliphatic rings. The molecule has 0 bridgehead atoms. The number of amides is 5. The quantitative estimate of drug-likeness (QED) is 0.323. The summed E-state index contributed by atoms with van der Waals surface area (Å²) in [5.41, 5.74) is 0.442. The number of imide groups is 2. The van der Waals surface area contributed by atoms with Gasteiger partial charge in [-0.2, -0.15) is 0 Å². The number of fused-ring (bicyclic) bond motifs is 1. The monoisotopic (exact) mass is 598 g/mol. The number of benzene rings is 1. The van der Waals surface area contributed by atoms with Crippen molar-refractivity contribution in [2.75, 3.05) is 32.7 Å². The molecule has 4 aliphatic heterocycles. The lowest BCUT2D eigenvalue weighted by Gasteiger charge is -2.42. The van der Waals surface area contributed by atoms with Gasteiger partial charge in [0.25, 0.3) is 11.8 Å². The van der Waals surface area contributed by atoms with Crippen LogP contribution in [-0.2, 0) is 19.1 Å². The van der Waals surface area contributed by atoms with Crippen LogP contribution in [0.3, 0.4) is 0 Å². The van der Waals surface area contributed by atoms with Crippen molar-refractivity contribution < 1.29 is 38.6 Å². The Morgan fingerprint density at radius 1 is 1.00 bits per heavy atom. The molecule has 0 aromatic heterocycles. The first-order chi connectivity index (χ1) is 20.4. The van der Waals surface area contributed by atoms with Crippen molar-refractivity contribution in [1.82, 2.24) is 20.0 Å². The molecular weight excluding hydrogens is 556 g/mol. The van der Waals surface area contributed by atoms with Crippen LogP contribution in [0.2, 0.25) is 0 Å². The number of rotatable bonds is 9. The molecule has 1 aromatic carbocycles. The van der Waals surface area contributed by atoms with Crippen molar-refractivity contribution in [1.29, 1.82) is 0 Å². The van der Waals surface area contributed by atoms with E-state index in [0.717, 1.165) is 50.2 Å². The number of aliphatic hydroxyl groups excluding tert-OH is 1. The smallest absolute Gasteiger partial charge is 0.410 e. The predicted octanol–water partition coefficient (Wildman–Crippen LogP) is 2.39. The second-order valence-electron chi connectivity index (χ2n) is 12.9. The Kier molecular flexibility index (Phi) is 9.19. The van der Waals surface area contributed by atoms with Gasteiger partial charge in [0.05, 0.1) is 42.5 Å². The van der Waals surface area contributed by atoms with Gasteiger partial charge < -0.3 is 24.4 Å². The Hall–Kier alpha value is -3.35. The summed E-state index contributed by atoms with van der Waals surface area (Å²) in [7, 11) is 0. The first-order valence-electron chi connectivity index (χ1n) is 15.3. The molecular formula is C31H42N4O8. The third kappa shape index (κ3) is 7.25. The fourth-order valence-corrected chi connectivity index (χ4v) is 6.08. The number of hydrogen-bond acceptors (Lipinski definition) is 9. The molecule has 1 aromatic rings. The number of nitrogens with one attached hydrogen (secondary N) is 1. The van der Waals surface area contributed by atoms with E-state index < -0.39 is 41.4 Å². The van der Waals surface area contributed by atoms with Crippen molar-refractivity contribution in [3.63, 3.8) is 0 Å². The topological polar surface area (TPSA) is 146 Å². The average molecular weight is 599 g/mol. The minimum atomic E-state index is -1.01. The van der Waals surface area contributed by atoms with Crippen LogP contribution in [0.15, 0.2) is 18.2 Å². The van der Waals surface area contributed by atoms with Crippen molar-refractivity contribution in [2.24, 2.45) is 0 Å². The van der Waals surface area contributed by atoms with Crippen LogP contribution >= 0.6 is 0 Å². The van der Waals surface area contributed by atoms with Crippen molar-refractivity contribution in [3.05, 3.63) is 34.9 Å². The van der Waals surface area contributed by atoms with E-state index in [-0.39, 0.29) is 42.3 Å². The van der Waals surface area contributed by atoms with Crippen LogP contribution in [0.5, 0.6) is 0 Å². The van der Waals surface area contributed by atoms with E-state index in [1.807, 2.05) is 20.8 Å². The maximum absolute atomic E-state index is 13.1. The maximum atomic E-state index is 13.1. The van der Waals surface area contributed by atoms with Gasteiger partial charge in [-0.05, 0) is 83.5 Å². The number of ether oxygens (including phenoxy) is 2. The van der Waals surface area contributed by atoms with Crippen LogP contribution < -0.4 is 5.32 Å². The molecule has 0 aliphatic carbocycles. The molecule has 0 saturated carbocycles. The first kappa shape index (κ1) is 31.1. The molecule has 12 heteroatoms. The number of piperidine rings is 2. The molecule has 0 spiro atoms. The SMILES string of the molecule is CC(C)(C)OC(=O)N1CC(OC2CCN(CCCCC(O)c3ccc4c(c3)C(=O)N(C3CCC(=O)NC3=O)C4=O)CC2)C1. The minimum absolute atomic E-state index is 0.0657. The zero-order valence-electron chi connectivity index (χ0n) is 25.2. The zero-order chi connectivity index (χ0) is 30.9. The van der Waals surface area contributed by atoms with Crippen molar-refractivity contribution in [2.45, 2.75) is 95.7 Å². The lowest BCUT2D eigenvalue weighted by Crippen LogP contribution is -2.57. The summed E-state index contributed by atoms with van der Waals surface area (Å²) < 4.78 is 11.6. The van der Waals surface area contributed by atoms with Gasteiger partial charge in [-0.1, -0.05) is 6.07 Å². The van der Waals surface area contributed by atoms with Crippen LogP contribution in [0.25, 0.3) is 0 Å². The van der Waals surface area contributed by atoms with E-state index in [1.165, 1.54) is 6.07 Å².